The maximum Gasteiger partial charge on any atom is 0.254 e. The lowest BCUT2D eigenvalue weighted by molar-refractivity contribution is -0.0344. The lowest BCUT2D eigenvalue weighted by Gasteiger charge is -2.35. The van der Waals surface area contributed by atoms with E-state index in [9.17, 15) is 14.0 Å². The quantitative estimate of drug-likeness (QED) is 0.488. The average Bonchev–Trinajstić information content (AvgIpc) is 3.41. The van der Waals surface area contributed by atoms with Crippen LogP contribution < -0.4 is 9.47 Å². The van der Waals surface area contributed by atoms with Crippen molar-refractivity contribution < 1.29 is 32.6 Å². The topological polar surface area (TPSA) is 81.4 Å². The summed E-state index contributed by atoms with van der Waals surface area (Å²) in [6.45, 7) is 1.48. The third-order valence-corrected chi connectivity index (χ3v) is 5.75. The number of hydrogen-bond donors (Lipinski definition) is 0. The van der Waals surface area contributed by atoms with E-state index in [1.165, 1.54) is 44.7 Å². The number of benzene rings is 2. The lowest BCUT2D eigenvalue weighted by Crippen LogP contribution is -2.50. The number of rotatable bonds is 8. The summed E-state index contributed by atoms with van der Waals surface area (Å²) in [5.74, 6) is 0.758. The van der Waals surface area contributed by atoms with Crippen LogP contribution in [0, 0.1) is 5.82 Å². The summed E-state index contributed by atoms with van der Waals surface area (Å²) < 4.78 is 35.3. The Hall–Kier alpha value is -3.85. The van der Waals surface area contributed by atoms with Gasteiger partial charge in [-0.05, 0) is 48.5 Å². The third kappa shape index (κ3) is 5.99. The van der Waals surface area contributed by atoms with E-state index in [0.717, 1.165) is 0 Å². The number of methoxy groups -OCH3 is 2. The molecule has 1 fully saturated rings. The molecule has 1 atom stereocenters. The SMILES string of the molecule is COc1cc(OC)cc(C(=O)N2CCOC(CN(Cc3ccco3)C(=O)c3ccc(F)cc3)C2)c1. The fraction of sp³-hybridized carbons (Fsp3) is 0.308. The van der Waals surface area contributed by atoms with Gasteiger partial charge in [0.05, 0.1) is 39.7 Å². The minimum absolute atomic E-state index is 0.182. The molecule has 1 aliphatic heterocycles. The van der Waals surface area contributed by atoms with Crippen LogP contribution in [0.4, 0.5) is 4.39 Å². The zero-order valence-corrected chi connectivity index (χ0v) is 19.6. The van der Waals surface area contributed by atoms with Crippen molar-refractivity contribution >= 4 is 11.8 Å². The van der Waals surface area contributed by atoms with E-state index in [-0.39, 0.29) is 24.9 Å². The molecule has 0 N–H and O–H groups in total. The predicted molar refractivity (Wildman–Crippen MR) is 125 cm³/mol. The molecule has 2 heterocycles. The molecule has 1 aliphatic rings. The monoisotopic (exact) mass is 482 g/mol. The van der Waals surface area contributed by atoms with Gasteiger partial charge in [0.2, 0.25) is 0 Å². The Morgan fingerprint density at radius 2 is 1.77 bits per heavy atom. The lowest BCUT2D eigenvalue weighted by atomic mass is 10.1. The first-order valence-corrected chi connectivity index (χ1v) is 11.2. The van der Waals surface area contributed by atoms with Crippen molar-refractivity contribution in [2.24, 2.45) is 0 Å². The maximum absolute atomic E-state index is 13.4. The highest BCUT2D eigenvalue weighted by molar-refractivity contribution is 5.95. The summed E-state index contributed by atoms with van der Waals surface area (Å²) in [4.78, 5) is 29.7. The second kappa shape index (κ2) is 11.1. The largest absolute Gasteiger partial charge is 0.497 e. The summed E-state index contributed by atoms with van der Waals surface area (Å²) in [5.41, 5.74) is 0.793. The Kier molecular flexibility index (Phi) is 7.67. The summed E-state index contributed by atoms with van der Waals surface area (Å²) in [6.07, 6.45) is 1.12. The molecule has 0 radical (unpaired) electrons. The van der Waals surface area contributed by atoms with Gasteiger partial charge in [0.1, 0.15) is 23.1 Å². The third-order valence-electron chi connectivity index (χ3n) is 5.75. The Bertz CT molecular complexity index is 1130. The second-order valence-electron chi connectivity index (χ2n) is 8.12. The minimum Gasteiger partial charge on any atom is -0.497 e. The highest BCUT2D eigenvalue weighted by Crippen LogP contribution is 2.24. The zero-order valence-electron chi connectivity index (χ0n) is 19.6. The van der Waals surface area contributed by atoms with Gasteiger partial charge in [0.25, 0.3) is 11.8 Å². The molecular weight excluding hydrogens is 455 g/mol. The van der Waals surface area contributed by atoms with Crippen LogP contribution in [0.3, 0.4) is 0 Å². The van der Waals surface area contributed by atoms with Gasteiger partial charge >= 0.3 is 0 Å². The van der Waals surface area contributed by atoms with Crippen molar-refractivity contribution in [2.75, 3.05) is 40.5 Å². The average molecular weight is 483 g/mol. The molecule has 1 saturated heterocycles. The van der Waals surface area contributed by atoms with Crippen LogP contribution in [0.5, 0.6) is 11.5 Å². The summed E-state index contributed by atoms with van der Waals surface area (Å²) >= 11 is 0. The number of nitrogens with zero attached hydrogens (tertiary/aromatic N) is 2. The molecule has 9 heteroatoms. The Morgan fingerprint density at radius 1 is 1.06 bits per heavy atom. The van der Waals surface area contributed by atoms with Crippen molar-refractivity contribution in [3.63, 3.8) is 0 Å². The fourth-order valence-corrected chi connectivity index (χ4v) is 3.96. The van der Waals surface area contributed by atoms with Gasteiger partial charge in [-0.2, -0.15) is 0 Å². The molecule has 2 amide bonds. The van der Waals surface area contributed by atoms with E-state index in [1.54, 1.807) is 40.1 Å². The van der Waals surface area contributed by atoms with Crippen LogP contribution in [0.2, 0.25) is 0 Å². The molecule has 184 valence electrons. The fourth-order valence-electron chi connectivity index (χ4n) is 3.96. The van der Waals surface area contributed by atoms with Crippen molar-refractivity contribution in [2.45, 2.75) is 12.6 Å². The first kappa shape index (κ1) is 24.3. The first-order chi connectivity index (χ1) is 17.0. The highest BCUT2D eigenvalue weighted by Gasteiger charge is 2.29. The molecule has 4 rings (SSSR count). The zero-order chi connectivity index (χ0) is 24.8. The maximum atomic E-state index is 13.4. The predicted octanol–water partition coefficient (Wildman–Crippen LogP) is 3.62. The van der Waals surface area contributed by atoms with Gasteiger partial charge in [-0.25, -0.2) is 4.39 Å². The Balaban J connectivity index is 1.50. The number of hydrogen-bond acceptors (Lipinski definition) is 6. The number of carbonyl (C=O) groups is 2. The number of furan rings is 1. The van der Waals surface area contributed by atoms with Crippen LogP contribution >= 0.6 is 0 Å². The smallest absolute Gasteiger partial charge is 0.254 e. The van der Waals surface area contributed by atoms with Gasteiger partial charge in [-0.1, -0.05) is 0 Å². The second-order valence-corrected chi connectivity index (χ2v) is 8.12. The molecule has 0 bridgehead atoms. The normalized spacial score (nSPS) is 15.5. The molecule has 35 heavy (non-hydrogen) atoms. The number of halogens is 1. The Morgan fingerprint density at radius 3 is 2.40 bits per heavy atom. The van der Waals surface area contributed by atoms with Crippen LogP contribution in [0.25, 0.3) is 0 Å². The van der Waals surface area contributed by atoms with E-state index in [1.807, 2.05) is 0 Å². The number of carbonyl (C=O) groups excluding carboxylic acids is 2. The van der Waals surface area contributed by atoms with E-state index < -0.39 is 11.9 Å². The summed E-state index contributed by atoms with van der Waals surface area (Å²) in [5, 5.41) is 0. The van der Waals surface area contributed by atoms with Crippen LogP contribution in [-0.2, 0) is 11.3 Å². The van der Waals surface area contributed by atoms with Crippen molar-refractivity contribution in [1.29, 1.82) is 0 Å². The highest BCUT2D eigenvalue weighted by atomic mass is 19.1. The summed E-state index contributed by atoms with van der Waals surface area (Å²) in [6, 6.07) is 13.9. The molecule has 8 nitrogen and oxygen atoms in total. The molecule has 0 spiro atoms. The van der Waals surface area contributed by atoms with Crippen LogP contribution in [-0.4, -0.2) is 68.2 Å². The van der Waals surface area contributed by atoms with Gasteiger partial charge in [0.15, 0.2) is 0 Å². The van der Waals surface area contributed by atoms with E-state index in [4.69, 9.17) is 18.6 Å². The minimum atomic E-state index is -0.418. The van der Waals surface area contributed by atoms with Crippen molar-refractivity contribution in [1.82, 2.24) is 9.80 Å². The van der Waals surface area contributed by atoms with E-state index >= 15 is 0 Å². The molecule has 0 aliphatic carbocycles. The van der Waals surface area contributed by atoms with E-state index in [0.29, 0.717) is 48.1 Å². The van der Waals surface area contributed by atoms with Crippen LogP contribution in [0.1, 0.15) is 26.5 Å². The van der Waals surface area contributed by atoms with E-state index in [2.05, 4.69) is 0 Å². The van der Waals surface area contributed by atoms with Gasteiger partial charge in [-0.3, -0.25) is 9.59 Å². The molecular formula is C26H27FN2O6. The van der Waals surface area contributed by atoms with Crippen molar-refractivity contribution in [3.8, 4) is 11.5 Å². The Labute approximate surface area is 202 Å². The molecule has 3 aromatic rings. The van der Waals surface area contributed by atoms with Gasteiger partial charge in [0, 0.05) is 36.8 Å². The number of amides is 2. The molecule has 1 unspecified atom stereocenters. The molecule has 2 aromatic carbocycles. The first-order valence-electron chi connectivity index (χ1n) is 11.2. The molecule has 0 saturated carbocycles. The van der Waals surface area contributed by atoms with Gasteiger partial charge in [-0.15, -0.1) is 0 Å². The number of ether oxygens (including phenoxy) is 3. The van der Waals surface area contributed by atoms with Crippen LogP contribution in [0.15, 0.2) is 65.3 Å². The summed E-state index contributed by atoms with van der Waals surface area (Å²) in [7, 11) is 3.05. The standard InChI is InChI=1S/C26H27FN2O6/c1-32-22-12-19(13-23(14-22)33-2)26(31)28-9-11-35-24(16-28)17-29(15-21-4-3-10-34-21)25(30)18-5-7-20(27)8-6-18/h3-8,10,12-14,24H,9,11,15-17H2,1-2H3. The molecule has 1 aromatic heterocycles. The number of morpholine rings is 1. The van der Waals surface area contributed by atoms with Gasteiger partial charge < -0.3 is 28.4 Å². The van der Waals surface area contributed by atoms with Crippen molar-refractivity contribution in [3.05, 3.63) is 83.6 Å².